The number of fused-ring (bicyclic) bond motifs is 1. The molecule has 0 spiro atoms. The van der Waals surface area contributed by atoms with Crippen LogP contribution in [0.3, 0.4) is 0 Å². The lowest BCUT2D eigenvalue weighted by atomic mass is 10.1. The molecule has 0 radical (unpaired) electrons. The van der Waals surface area contributed by atoms with Crippen molar-refractivity contribution in [3.63, 3.8) is 0 Å². The second kappa shape index (κ2) is 9.02. The maximum atomic E-state index is 13.0. The van der Waals surface area contributed by atoms with E-state index in [2.05, 4.69) is 5.32 Å². The normalized spacial score (nSPS) is 12.8. The van der Waals surface area contributed by atoms with Gasteiger partial charge in [0.05, 0.1) is 0 Å². The molecule has 0 atom stereocenters. The number of aryl methyl sites for hydroxylation is 2. The number of hydrogen-bond donors (Lipinski definition) is 1. The molecule has 1 aliphatic rings. The summed E-state index contributed by atoms with van der Waals surface area (Å²) in [5, 5.41) is 2.96. The van der Waals surface area contributed by atoms with Gasteiger partial charge in [-0.2, -0.15) is 0 Å². The predicted molar refractivity (Wildman–Crippen MR) is 133 cm³/mol. The average Bonchev–Trinajstić information content (AvgIpc) is 3.28. The van der Waals surface area contributed by atoms with Crippen molar-refractivity contribution in [2.45, 2.75) is 26.8 Å². The molecular weight excluding hydrogens is 424 g/mol. The second-order valence-electron chi connectivity index (χ2n) is 8.81. The number of carbonyl (C=O) groups excluding carboxylic acids is 2. The van der Waals surface area contributed by atoms with Gasteiger partial charge < -0.3 is 14.6 Å². The van der Waals surface area contributed by atoms with Crippen molar-refractivity contribution in [2.75, 3.05) is 11.9 Å². The Morgan fingerprint density at radius 1 is 0.853 bits per heavy atom. The zero-order chi connectivity index (χ0) is 23.7. The Balaban J connectivity index is 1.32. The monoisotopic (exact) mass is 450 g/mol. The van der Waals surface area contributed by atoms with E-state index < -0.39 is 0 Å². The molecule has 5 nitrogen and oxygen atoms in total. The minimum absolute atomic E-state index is 0.0397. The number of nitrogens with one attached hydrogen (secondary N) is 1. The van der Waals surface area contributed by atoms with E-state index in [4.69, 9.17) is 4.42 Å². The van der Waals surface area contributed by atoms with E-state index in [9.17, 15) is 9.59 Å². The van der Waals surface area contributed by atoms with Crippen LogP contribution in [-0.2, 0) is 13.0 Å². The van der Waals surface area contributed by atoms with E-state index in [1.54, 1.807) is 0 Å². The van der Waals surface area contributed by atoms with Crippen LogP contribution in [0.2, 0.25) is 0 Å². The summed E-state index contributed by atoms with van der Waals surface area (Å²) < 4.78 is 6.15. The topological polar surface area (TPSA) is 62.6 Å². The van der Waals surface area contributed by atoms with Gasteiger partial charge in [0.15, 0.2) is 0 Å². The highest BCUT2D eigenvalue weighted by Crippen LogP contribution is 2.31. The molecule has 5 rings (SSSR count). The highest BCUT2D eigenvalue weighted by atomic mass is 16.3. The fraction of sp³-hybridized carbons (Fsp3) is 0.172. The number of hydrogen-bond acceptors (Lipinski definition) is 3. The van der Waals surface area contributed by atoms with Crippen LogP contribution in [0.5, 0.6) is 0 Å². The lowest BCUT2D eigenvalue weighted by molar-refractivity contribution is 0.0729. The van der Waals surface area contributed by atoms with Crippen LogP contribution in [0.25, 0.3) is 11.3 Å². The number of carbonyl (C=O) groups is 2. The summed E-state index contributed by atoms with van der Waals surface area (Å²) in [6.07, 6.45) is 0.677. The summed E-state index contributed by atoms with van der Waals surface area (Å²) >= 11 is 0. The summed E-state index contributed by atoms with van der Waals surface area (Å²) in [6, 6.07) is 24.8. The molecule has 0 bridgehead atoms. The van der Waals surface area contributed by atoms with Gasteiger partial charge in [-0.05, 0) is 56.3 Å². The van der Waals surface area contributed by atoms with Gasteiger partial charge in [0.2, 0.25) is 0 Å². The number of anilines is 1. The molecule has 0 fully saturated rings. The molecule has 2 heterocycles. The third kappa shape index (κ3) is 4.50. The maximum absolute atomic E-state index is 13.0. The Hall–Kier alpha value is -4.12. The van der Waals surface area contributed by atoms with Crippen LogP contribution in [0.1, 0.15) is 43.2 Å². The molecule has 1 N–H and O–H groups in total. The lowest BCUT2D eigenvalue weighted by Gasteiger charge is -2.26. The molecule has 0 saturated heterocycles. The molecule has 0 unspecified atom stereocenters. The number of nitrogens with zero attached hydrogens (tertiary/aromatic N) is 1. The second-order valence-corrected chi connectivity index (χ2v) is 8.81. The summed E-state index contributed by atoms with van der Waals surface area (Å²) in [6.45, 7) is 5.13. The predicted octanol–water partition coefficient (Wildman–Crippen LogP) is 6.01. The Morgan fingerprint density at radius 3 is 2.44 bits per heavy atom. The van der Waals surface area contributed by atoms with Crippen LogP contribution < -0.4 is 5.32 Å². The Morgan fingerprint density at radius 2 is 1.65 bits per heavy atom. The minimum Gasteiger partial charge on any atom is -0.461 e. The van der Waals surface area contributed by atoms with Crippen LogP contribution in [-0.4, -0.2) is 23.3 Å². The molecule has 5 heteroatoms. The van der Waals surface area contributed by atoms with Crippen molar-refractivity contribution in [1.82, 2.24) is 4.90 Å². The molecule has 0 aliphatic carbocycles. The Labute approximate surface area is 199 Å². The molecule has 3 aromatic carbocycles. The van der Waals surface area contributed by atoms with Crippen molar-refractivity contribution in [3.05, 3.63) is 112 Å². The Bertz CT molecular complexity index is 1370. The average molecular weight is 451 g/mol. The standard InChI is InChI=1S/C29H26N2O3/c1-19-9-11-21(12-10-19)28(32)30-25-8-4-6-22(16-25)27-17-24-18-31(14-13-26(24)34-27)29(33)23-7-3-5-20(2)15-23/h3-12,15-17H,13-14,18H2,1-2H3,(H,30,32). The van der Waals surface area contributed by atoms with E-state index in [0.29, 0.717) is 36.3 Å². The number of furan rings is 1. The van der Waals surface area contributed by atoms with Gasteiger partial charge in [0, 0.05) is 47.5 Å². The van der Waals surface area contributed by atoms with Gasteiger partial charge in [-0.15, -0.1) is 0 Å². The van der Waals surface area contributed by atoms with E-state index in [1.807, 2.05) is 97.6 Å². The van der Waals surface area contributed by atoms with Crippen LogP contribution in [0.15, 0.2) is 83.3 Å². The zero-order valence-corrected chi connectivity index (χ0v) is 19.3. The van der Waals surface area contributed by atoms with Crippen LogP contribution >= 0.6 is 0 Å². The Kier molecular flexibility index (Phi) is 5.76. The quantitative estimate of drug-likeness (QED) is 0.414. The smallest absolute Gasteiger partial charge is 0.255 e. The summed E-state index contributed by atoms with van der Waals surface area (Å²) in [5.41, 5.74) is 6.12. The number of rotatable bonds is 4. The largest absolute Gasteiger partial charge is 0.461 e. The summed E-state index contributed by atoms with van der Waals surface area (Å²) in [7, 11) is 0. The molecule has 0 saturated carbocycles. The lowest BCUT2D eigenvalue weighted by Crippen LogP contribution is -2.35. The minimum atomic E-state index is -0.152. The van der Waals surface area contributed by atoms with Gasteiger partial charge in [0.1, 0.15) is 11.5 Å². The molecule has 2 amide bonds. The molecule has 1 aliphatic heterocycles. The van der Waals surface area contributed by atoms with Gasteiger partial charge in [0.25, 0.3) is 11.8 Å². The van der Waals surface area contributed by atoms with Gasteiger partial charge in [-0.3, -0.25) is 9.59 Å². The number of benzene rings is 3. The maximum Gasteiger partial charge on any atom is 0.255 e. The summed E-state index contributed by atoms with van der Waals surface area (Å²) in [4.78, 5) is 27.4. The number of amides is 2. The summed E-state index contributed by atoms with van der Waals surface area (Å²) in [5.74, 6) is 1.54. The molecule has 170 valence electrons. The van der Waals surface area contributed by atoms with Crippen molar-refractivity contribution < 1.29 is 14.0 Å². The van der Waals surface area contributed by atoms with Gasteiger partial charge in [-0.25, -0.2) is 0 Å². The molecule has 34 heavy (non-hydrogen) atoms. The van der Waals surface area contributed by atoms with E-state index in [1.165, 1.54) is 0 Å². The van der Waals surface area contributed by atoms with Crippen molar-refractivity contribution in [2.24, 2.45) is 0 Å². The first-order chi connectivity index (χ1) is 16.5. The van der Waals surface area contributed by atoms with Crippen LogP contribution in [0, 0.1) is 13.8 Å². The van der Waals surface area contributed by atoms with E-state index in [0.717, 1.165) is 33.8 Å². The first kappa shape index (κ1) is 21.7. The van der Waals surface area contributed by atoms with E-state index in [-0.39, 0.29) is 11.8 Å². The third-order valence-electron chi connectivity index (χ3n) is 6.14. The highest BCUT2D eigenvalue weighted by molar-refractivity contribution is 6.04. The van der Waals surface area contributed by atoms with Crippen molar-refractivity contribution in [1.29, 1.82) is 0 Å². The fourth-order valence-electron chi connectivity index (χ4n) is 4.27. The molecule has 1 aromatic heterocycles. The van der Waals surface area contributed by atoms with E-state index >= 15 is 0 Å². The fourth-order valence-corrected chi connectivity index (χ4v) is 4.27. The van der Waals surface area contributed by atoms with Crippen molar-refractivity contribution >= 4 is 17.5 Å². The highest BCUT2D eigenvalue weighted by Gasteiger charge is 2.25. The molecular formula is C29H26N2O3. The van der Waals surface area contributed by atoms with Gasteiger partial charge in [-0.1, -0.05) is 47.5 Å². The first-order valence-electron chi connectivity index (χ1n) is 11.4. The van der Waals surface area contributed by atoms with Gasteiger partial charge >= 0.3 is 0 Å². The van der Waals surface area contributed by atoms with Crippen molar-refractivity contribution in [3.8, 4) is 11.3 Å². The third-order valence-corrected chi connectivity index (χ3v) is 6.14. The molecule has 4 aromatic rings. The van der Waals surface area contributed by atoms with Crippen LogP contribution in [0.4, 0.5) is 5.69 Å². The first-order valence-corrected chi connectivity index (χ1v) is 11.4. The SMILES string of the molecule is Cc1ccc(C(=O)Nc2cccc(-c3cc4c(o3)CCN(C(=O)c3cccc(C)c3)C4)c2)cc1. The zero-order valence-electron chi connectivity index (χ0n) is 19.3.